The molecule has 0 radical (unpaired) electrons. The third-order valence-corrected chi connectivity index (χ3v) is 6.97. The number of halogens is 2. The fourth-order valence-electron chi connectivity index (χ4n) is 2.82. The molecule has 0 heterocycles. The molecule has 0 aliphatic carbocycles. The average Bonchev–Trinajstić information content (AvgIpc) is 2.80. The van der Waals surface area contributed by atoms with Crippen LogP contribution >= 0.6 is 27.5 Å². The van der Waals surface area contributed by atoms with Crippen molar-refractivity contribution in [3.63, 3.8) is 0 Å². The zero-order valence-corrected chi connectivity index (χ0v) is 20.8. The van der Waals surface area contributed by atoms with Crippen molar-refractivity contribution < 1.29 is 17.9 Å². The van der Waals surface area contributed by atoms with E-state index in [1.807, 2.05) is 31.2 Å². The summed E-state index contributed by atoms with van der Waals surface area (Å²) < 4.78 is 34.0. The van der Waals surface area contributed by atoms with E-state index < -0.39 is 22.5 Å². The van der Waals surface area contributed by atoms with E-state index in [2.05, 4.69) is 26.5 Å². The Morgan fingerprint density at radius 3 is 2.30 bits per heavy atom. The Morgan fingerprint density at radius 1 is 1.06 bits per heavy atom. The maximum Gasteiger partial charge on any atom is 0.264 e. The first-order valence-corrected chi connectivity index (χ1v) is 12.5. The molecule has 0 saturated heterocycles. The minimum Gasteiger partial charge on any atom is -0.494 e. The molecule has 33 heavy (non-hydrogen) atoms. The van der Waals surface area contributed by atoms with Gasteiger partial charge in [0.25, 0.3) is 15.9 Å². The first-order valence-electron chi connectivity index (χ1n) is 9.88. The monoisotopic (exact) mass is 549 g/mol. The molecule has 1 amide bonds. The van der Waals surface area contributed by atoms with E-state index in [4.69, 9.17) is 16.3 Å². The molecule has 7 nitrogen and oxygen atoms in total. The van der Waals surface area contributed by atoms with Gasteiger partial charge in [-0.3, -0.25) is 9.10 Å². The van der Waals surface area contributed by atoms with Crippen LogP contribution in [0.15, 0.2) is 87.3 Å². The minimum absolute atomic E-state index is 0.00643. The SMILES string of the molecule is CCOc1ccc(N(CC(=O)N/N=C\c2ccc(Br)cc2)S(=O)(=O)c2ccc(Cl)cc2)cc1. The van der Waals surface area contributed by atoms with Gasteiger partial charge in [0.1, 0.15) is 12.3 Å². The Kier molecular flexibility index (Phi) is 8.49. The molecule has 1 N–H and O–H groups in total. The molecule has 0 aliphatic rings. The van der Waals surface area contributed by atoms with Gasteiger partial charge in [0.15, 0.2) is 0 Å². The van der Waals surface area contributed by atoms with Crippen molar-refractivity contribution in [2.45, 2.75) is 11.8 Å². The van der Waals surface area contributed by atoms with Gasteiger partial charge in [0.2, 0.25) is 0 Å². The van der Waals surface area contributed by atoms with E-state index >= 15 is 0 Å². The van der Waals surface area contributed by atoms with E-state index in [1.54, 1.807) is 24.3 Å². The number of ether oxygens (including phenoxy) is 1. The molecule has 0 fully saturated rings. The number of hydrazone groups is 1. The van der Waals surface area contributed by atoms with Crippen LogP contribution in [0.25, 0.3) is 0 Å². The zero-order valence-electron chi connectivity index (χ0n) is 17.6. The predicted molar refractivity (Wildman–Crippen MR) is 133 cm³/mol. The highest BCUT2D eigenvalue weighted by molar-refractivity contribution is 9.10. The Morgan fingerprint density at radius 2 is 1.70 bits per heavy atom. The van der Waals surface area contributed by atoms with Crippen LogP contribution in [0.5, 0.6) is 5.75 Å². The quantitative estimate of drug-likeness (QED) is 0.305. The molecule has 3 aromatic rings. The first-order chi connectivity index (χ1) is 15.8. The van der Waals surface area contributed by atoms with Gasteiger partial charge in [0, 0.05) is 9.50 Å². The van der Waals surface area contributed by atoms with Crippen LogP contribution in [0, 0.1) is 0 Å². The van der Waals surface area contributed by atoms with Crippen LogP contribution < -0.4 is 14.5 Å². The Balaban J connectivity index is 1.83. The lowest BCUT2D eigenvalue weighted by atomic mass is 10.2. The van der Waals surface area contributed by atoms with Crippen molar-refractivity contribution in [1.82, 2.24) is 5.43 Å². The second-order valence-corrected chi connectivity index (χ2v) is 9.95. The van der Waals surface area contributed by atoms with Gasteiger partial charge in [-0.25, -0.2) is 13.8 Å². The lowest BCUT2D eigenvalue weighted by Crippen LogP contribution is -2.39. The average molecular weight is 551 g/mol. The number of nitrogens with zero attached hydrogens (tertiary/aromatic N) is 2. The van der Waals surface area contributed by atoms with Gasteiger partial charge in [-0.15, -0.1) is 0 Å². The summed E-state index contributed by atoms with van der Waals surface area (Å²) in [5, 5.41) is 4.33. The summed E-state index contributed by atoms with van der Waals surface area (Å²) in [6.07, 6.45) is 1.47. The number of anilines is 1. The van der Waals surface area contributed by atoms with E-state index in [0.717, 1.165) is 14.3 Å². The molecule has 3 rings (SSSR count). The predicted octanol–water partition coefficient (Wildman–Crippen LogP) is 4.85. The van der Waals surface area contributed by atoms with Gasteiger partial charge in [-0.2, -0.15) is 5.10 Å². The molecule has 0 bridgehead atoms. The highest BCUT2D eigenvalue weighted by Gasteiger charge is 2.27. The largest absolute Gasteiger partial charge is 0.494 e. The molecule has 172 valence electrons. The first kappa shape index (κ1) is 24.8. The number of nitrogens with one attached hydrogen (secondary N) is 1. The normalized spacial score (nSPS) is 11.4. The van der Waals surface area contributed by atoms with Crippen molar-refractivity contribution in [3.05, 3.63) is 87.9 Å². The van der Waals surface area contributed by atoms with Crippen molar-refractivity contribution in [2.75, 3.05) is 17.5 Å². The van der Waals surface area contributed by atoms with Crippen LogP contribution in [0.1, 0.15) is 12.5 Å². The summed E-state index contributed by atoms with van der Waals surface area (Å²) in [5.41, 5.74) is 3.46. The number of benzene rings is 3. The molecule has 3 aromatic carbocycles. The molecule has 10 heteroatoms. The molecule has 0 aliphatic heterocycles. The third kappa shape index (κ3) is 6.80. The van der Waals surface area contributed by atoms with E-state index in [9.17, 15) is 13.2 Å². The smallest absolute Gasteiger partial charge is 0.264 e. The number of rotatable bonds is 9. The van der Waals surface area contributed by atoms with Gasteiger partial charge >= 0.3 is 0 Å². The Labute approximate surface area is 206 Å². The van der Waals surface area contributed by atoms with Crippen molar-refractivity contribution >= 4 is 55.4 Å². The fraction of sp³-hybridized carbons (Fsp3) is 0.130. The maximum absolute atomic E-state index is 13.3. The number of sulfonamides is 1. The van der Waals surface area contributed by atoms with Gasteiger partial charge in [-0.05, 0) is 73.2 Å². The standard InChI is InChI=1S/C23H21BrClN3O4S/c1-2-32-21-11-9-20(10-12-21)28(33(30,31)22-13-7-19(25)8-14-22)16-23(29)27-26-15-17-3-5-18(24)6-4-17/h3-15H,2,16H2,1H3,(H,27,29)/b26-15-. The summed E-state index contributed by atoms with van der Waals surface area (Å²) in [5.74, 6) is -0.0107. The molecule has 0 unspecified atom stereocenters. The minimum atomic E-state index is -4.06. The van der Waals surface area contributed by atoms with Crippen LogP contribution in [0.3, 0.4) is 0 Å². The number of amides is 1. The summed E-state index contributed by atoms with van der Waals surface area (Å²) in [4.78, 5) is 12.6. The topological polar surface area (TPSA) is 88.1 Å². The highest BCUT2D eigenvalue weighted by atomic mass is 79.9. The molecular formula is C23H21BrClN3O4S. The van der Waals surface area contributed by atoms with Crippen LogP contribution in [0.2, 0.25) is 5.02 Å². The highest BCUT2D eigenvalue weighted by Crippen LogP contribution is 2.26. The van der Waals surface area contributed by atoms with E-state index in [0.29, 0.717) is 23.1 Å². The van der Waals surface area contributed by atoms with Crippen LogP contribution in [0.4, 0.5) is 5.69 Å². The van der Waals surface area contributed by atoms with Crippen LogP contribution in [-0.4, -0.2) is 33.7 Å². The summed E-state index contributed by atoms with van der Waals surface area (Å²) in [6, 6.07) is 19.5. The van der Waals surface area contributed by atoms with Crippen molar-refractivity contribution in [1.29, 1.82) is 0 Å². The third-order valence-electron chi connectivity index (χ3n) is 4.40. The fourth-order valence-corrected chi connectivity index (χ4v) is 4.63. The Bertz CT molecular complexity index is 1220. The summed E-state index contributed by atoms with van der Waals surface area (Å²) in [6.45, 7) is 1.85. The van der Waals surface area contributed by atoms with E-state index in [1.165, 1.54) is 30.5 Å². The number of hydrogen-bond acceptors (Lipinski definition) is 5. The second kappa shape index (κ2) is 11.3. The number of carbonyl (C=O) groups is 1. The van der Waals surface area contributed by atoms with Crippen molar-refractivity contribution in [3.8, 4) is 5.75 Å². The second-order valence-electron chi connectivity index (χ2n) is 6.74. The lowest BCUT2D eigenvalue weighted by molar-refractivity contribution is -0.119. The summed E-state index contributed by atoms with van der Waals surface area (Å²) in [7, 11) is -4.06. The molecule has 0 atom stereocenters. The zero-order chi connectivity index (χ0) is 23.8. The molecule has 0 spiro atoms. The maximum atomic E-state index is 13.3. The van der Waals surface area contributed by atoms with Crippen LogP contribution in [-0.2, 0) is 14.8 Å². The Hall–Kier alpha value is -2.88. The molecule has 0 aromatic heterocycles. The summed E-state index contributed by atoms with van der Waals surface area (Å²) >= 11 is 9.25. The lowest BCUT2D eigenvalue weighted by Gasteiger charge is -2.24. The molecular weight excluding hydrogens is 530 g/mol. The van der Waals surface area contributed by atoms with E-state index in [-0.39, 0.29) is 4.90 Å². The van der Waals surface area contributed by atoms with Gasteiger partial charge in [-0.1, -0.05) is 39.7 Å². The van der Waals surface area contributed by atoms with Gasteiger partial charge < -0.3 is 4.74 Å². The van der Waals surface area contributed by atoms with Gasteiger partial charge in [0.05, 0.1) is 23.4 Å². The van der Waals surface area contributed by atoms with Crippen molar-refractivity contribution in [2.24, 2.45) is 5.10 Å². The number of hydrogen-bond donors (Lipinski definition) is 1. The number of carbonyl (C=O) groups excluding carboxylic acids is 1. The molecule has 0 saturated carbocycles.